The predicted octanol–water partition coefficient (Wildman–Crippen LogP) is 2.88. The summed E-state index contributed by atoms with van der Waals surface area (Å²) in [6.07, 6.45) is -0.346. The van der Waals surface area contributed by atoms with Crippen molar-refractivity contribution in [1.29, 1.82) is 0 Å². The van der Waals surface area contributed by atoms with E-state index >= 15 is 0 Å². The first-order chi connectivity index (χ1) is 14.8. The van der Waals surface area contributed by atoms with Crippen LogP contribution >= 0.6 is 0 Å². The molecule has 162 valence electrons. The largest absolute Gasteiger partial charge is 0.416 e. The molecule has 11 heteroatoms. The summed E-state index contributed by atoms with van der Waals surface area (Å²) in [6.45, 7) is 2.68. The van der Waals surface area contributed by atoms with Crippen molar-refractivity contribution >= 4 is 11.7 Å². The molecule has 0 aliphatic carbocycles. The van der Waals surface area contributed by atoms with Crippen LogP contribution in [0.25, 0.3) is 5.69 Å². The summed E-state index contributed by atoms with van der Waals surface area (Å²) in [5.74, 6) is -0.195. The number of pyridine rings is 1. The van der Waals surface area contributed by atoms with Crippen LogP contribution in [0, 0.1) is 6.92 Å². The van der Waals surface area contributed by atoms with Gasteiger partial charge in [-0.2, -0.15) is 28.2 Å². The van der Waals surface area contributed by atoms with Crippen molar-refractivity contribution in [2.75, 3.05) is 31.3 Å². The van der Waals surface area contributed by atoms with Crippen LogP contribution in [-0.4, -0.2) is 57.0 Å². The molecule has 0 bridgehead atoms. The molecule has 0 radical (unpaired) electrons. The number of amides is 1. The van der Waals surface area contributed by atoms with Crippen molar-refractivity contribution < 1.29 is 22.8 Å². The quantitative estimate of drug-likeness (QED) is 0.634. The minimum Gasteiger partial charge on any atom is -0.334 e. The van der Waals surface area contributed by atoms with Gasteiger partial charge >= 0.3 is 6.18 Å². The van der Waals surface area contributed by atoms with Crippen molar-refractivity contribution in [3.05, 3.63) is 65.6 Å². The second-order valence-corrected chi connectivity index (χ2v) is 6.97. The molecule has 31 heavy (non-hydrogen) atoms. The first-order valence-electron chi connectivity index (χ1n) is 9.53. The van der Waals surface area contributed by atoms with Gasteiger partial charge in [-0.15, -0.1) is 0 Å². The first kappa shape index (κ1) is 20.8. The smallest absolute Gasteiger partial charge is 0.334 e. The van der Waals surface area contributed by atoms with E-state index in [4.69, 9.17) is 4.84 Å². The van der Waals surface area contributed by atoms with E-state index in [1.54, 1.807) is 17.0 Å². The van der Waals surface area contributed by atoms with Gasteiger partial charge in [0.2, 0.25) is 0 Å². The Labute approximate surface area is 175 Å². The Morgan fingerprint density at radius 1 is 1.03 bits per heavy atom. The van der Waals surface area contributed by atoms with E-state index in [0.717, 1.165) is 23.9 Å². The number of aryl methyl sites for hydroxylation is 1. The minimum atomic E-state index is -4.48. The van der Waals surface area contributed by atoms with Crippen LogP contribution < -0.4 is 5.06 Å². The van der Waals surface area contributed by atoms with Crippen LogP contribution in [0.15, 0.2) is 48.9 Å². The summed E-state index contributed by atoms with van der Waals surface area (Å²) in [5.41, 5.74) is 1.07. The number of aromatic nitrogens is 4. The van der Waals surface area contributed by atoms with E-state index in [9.17, 15) is 18.0 Å². The second-order valence-electron chi connectivity index (χ2n) is 6.97. The van der Waals surface area contributed by atoms with Crippen molar-refractivity contribution in [1.82, 2.24) is 24.9 Å². The molecular weight excluding hydrogens is 413 g/mol. The zero-order valence-corrected chi connectivity index (χ0v) is 16.6. The van der Waals surface area contributed by atoms with Crippen molar-refractivity contribution in [2.45, 2.75) is 13.1 Å². The molecule has 0 N–H and O–H groups in total. The van der Waals surface area contributed by atoms with Gasteiger partial charge in [0.25, 0.3) is 5.91 Å². The average molecular weight is 432 g/mol. The lowest BCUT2D eigenvalue weighted by Crippen LogP contribution is -2.36. The standard InChI is InChI=1S/C20H19F3N6O2/c1-14-2-3-17(29-25-6-7-26-29)16(12-14)19(30)27-8-9-28(31-11-10-27)18-13-15(4-5-24-18)20(21,22)23/h2-7,12-13H,8-11H2,1H3. The Morgan fingerprint density at radius 2 is 1.81 bits per heavy atom. The van der Waals surface area contributed by atoms with Gasteiger partial charge in [0.1, 0.15) is 0 Å². The second kappa shape index (κ2) is 8.34. The number of benzene rings is 1. The molecule has 0 unspecified atom stereocenters. The predicted molar refractivity (Wildman–Crippen MR) is 105 cm³/mol. The monoisotopic (exact) mass is 432 g/mol. The molecule has 1 amide bonds. The lowest BCUT2D eigenvalue weighted by atomic mass is 10.1. The number of carbonyl (C=O) groups is 1. The van der Waals surface area contributed by atoms with Crippen LogP contribution in [-0.2, 0) is 11.0 Å². The number of hydrogen-bond donors (Lipinski definition) is 0. The molecule has 2 aromatic heterocycles. The topological polar surface area (TPSA) is 76.4 Å². The van der Waals surface area contributed by atoms with E-state index in [-0.39, 0.29) is 38.0 Å². The van der Waals surface area contributed by atoms with Crippen molar-refractivity contribution in [3.63, 3.8) is 0 Å². The van der Waals surface area contributed by atoms with Gasteiger partial charge < -0.3 is 4.90 Å². The molecule has 3 heterocycles. The van der Waals surface area contributed by atoms with E-state index in [1.165, 1.54) is 22.3 Å². The molecule has 0 spiro atoms. The van der Waals surface area contributed by atoms with E-state index in [1.807, 2.05) is 13.0 Å². The van der Waals surface area contributed by atoms with Crippen molar-refractivity contribution in [3.8, 4) is 5.69 Å². The minimum absolute atomic E-state index is 0.0427. The molecule has 4 rings (SSSR count). The third-order valence-corrected chi connectivity index (χ3v) is 4.81. The molecule has 1 saturated heterocycles. The molecule has 8 nitrogen and oxygen atoms in total. The molecule has 1 aliphatic rings. The molecule has 0 atom stereocenters. The first-order valence-corrected chi connectivity index (χ1v) is 9.53. The van der Waals surface area contributed by atoms with Gasteiger partial charge in [0, 0.05) is 19.3 Å². The number of hydrogen-bond acceptors (Lipinski definition) is 6. The van der Waals surface area contributed by atoms with E-state index in [0.29, 0.717) is 11.3 Å². The fourth-order valence-corrected chi connectivity index (χ4v) is 3.27. The van der Waals surface area contributed by atoms with Crippen LogP contribution in [0.4, 0.5) is 19.0 Å². The highest BCUT2D eigenvalue weighted by molar-refractivity contribution is 5.98. The zero-order chi connectivity index (χ0) is 22.0. The fourth-order valence-electron chi connectivity index (χ4n) is 3.27. The molecule has 1 aliphatic heterocycles. The molecule has 0 saturated carbocycles. The summed E-state index contributed by atoms with van der Waals surface area (Å²) in [4.78, 5) is 25.8. The number of nitrogens with zero attached hydrogens (tertiary/aromatic N) is 6. The Morgan fingerprint density at radius 3 is 2.55 bits per heavy atom. The lowest BCUT2D eigenvalue weighted by molar-refractivity contribution is -0.137. The Hall–Kier alpha value is -3.47. The highest BCUT2D eigenvalue weighted by Gasteiger charge is 2.32. The Kier molecular flexibility index (Phi) is 5.59. The number of rotatable bonds is 3. The van der Waals surface area contributed by atoms with Gasteiger partial charge in [-0.1, -0.05) is 11.6 Å². The number of anilines is 1. The normalized spacial score (nSPS) is 15.1. The summed E-state index contributed by atoms with van der Waals surface area (Å²) >= 11 is 0. The third-order valence-electron chi connectivity index (χ3n) is 4.81. The maximum atomic E-state index is 13.3. The van der Waals surface area contributed by atoms with Gasteiger partial charge in [-0.3, -0.25) is 9.63 Å². The number of halogens is 3. The molecule has 1 aromatic carbocycles. The van der Waals surface area contributed by atoms with Crippen LogP contribution in [0.2, 0.25) is 0 Å². The summed E-state index contributed by atoms with van der Waals surface area (Å²) < 4.78 is 39.0. The molecule has 3 aromatic rings. The Bertz CT molecular complexity index is 1070. The summed E-state index contributed by atoms with van der Waals surface area (Å²) in [6, 6.07) is 7.23. The zero-order valence-electron chi connectivity index (χ0n) is 16.6. The summed E-state index contributed by atoms with van der Waals surface area (Å²) in [5, 5.41) is 9.50. The van der Waals surface area contributed by atoms with Crippen LogP contribution in [0.3, 0.4) is 0 Å². The number of alkyl halides is 3. The average Bonchev–Trinajstić information content (AvgIpc) is 3.17. The van der Waals surface area contributed by atoms with Crippen LogP contribution in [0.5, 0.6) is 0 Å². The number of hydroxylamine groups is 1. The van der Waals surface area contributed by atoms with Gasteiger partial charge in [-0.25, -0.2) is 10.0 Å². The van der Waals surface area contributed by atoms with Gasteiger partial charge in [0.15, 0.2) is 5.82 Å². The summed E-state index contributed by atoms with van der Waals surface area (Å²) in [7, 11) is 0. The van der Waals surface area contributed by atoms with Crippen LogP contribution in [0.1, 0.15) is 21.5 Å². The van der Waals surface area contributed by atoms with E-state index < -0.39 is 11.7 Å². The van der Waals surface area contributed by atoms with Gasteiger partial charge in [-0.05, 0) is 31.2 Å². The SMILES string of the molecule is Cc1ccc(-n2nccn2)c(C(=O)N2CCON(c3cc(C(F)(F)F)ccn3)CC2)c1. The fraction of sp³-hybridized carbons (Fsp3) is 0.300. The lowest BCUT2D eigenvalue weighted by Gasteiger charge is -2.22. The highest BCUT2D eigenvalue weighted by atomic mass is 19.4. The molecule has 1 fully saturated rings. The number of carbonyl (C=O) groups excluding carboxylic acids is 1. The maximum Gasteiger partial charge on any atom is 0.416 e. The molecular formula is C20H19F3N6O2. The van der Waals surface area contributed by atoms with Crippen molar-refractivity contribution in [2.24, 2.45) is 0 Å². The highest BCUT2D eigenvalue weighted by Crippen LogP contribution is 2.31. The van der Waals surface area contributed by atoms with E-state index in [2.05, 4.69) is 15.2 Å². The maximum absolute atomic E-state index is 13.3. The third kappa shape index (κ3) is 4.50. The Balaban J connectivity index is 1.54. The van der Waals surface area contributed by atoms with Gasteiger partial charge in [0.05, 0.1) is 42.4 Å².